The van der Waals surface area contributed by atoms with Crippen LogP contribution in [-0.2, 0) is 0 Å². The van der Waals surface area contributed by atoms with Gasteiger partial charge in [0.05, 0.1) is 17.8 Å². The molecule has 5 rings (SSSR count). The van der Waals surface area contributed by atoms with Gasteiger partial charge in [0.15, 0.2) is 5.11 Å². The first-order chi connectivity index (χ1) is 13.8. The molecule has 3 aliphatic rings. The molecule has 0 bridgehead atoms. The molecule has 2 atom stereocenters. The van der Waals surface area contributed by atoms with Gasteiger partial charge in [0, 0.05) is 30.7 Å². The summed E-state index contributed by atoms with van der Waals surface area (Å²) < 4.78 is 2.47. The average Bonchev–Trinajstić information content (AvgIpc) is 3.48. The van der Waals surface area contributed by atoms with Crippen molar-refractivity contribution in [1.82, 2.24) is 19.8 Å². The van der Waals surface area contributed by atoms with Crippen LogP contribution in [0.4, 0.5) is 0 Å². The summed E-state index contributed by atoms with van der Waals surface area (Å²) in [6, 6.07) is 10.1. The van der Waals surface area contributed by atoms with E-state index >= 15 is 0 Å². The highest BCUT2D eigenvalue weighted by Gasteiger charge is 2.43. The van der Waals surface area contributed by atoms with Crippen LogP contribution in [0.2, 0.25) is 0 Å². The third-order valence-corrected chi connectivity index (χ3v) is 7.26. The second kappa shape index (κ2) is 7.86. The Kier molecular flexibility index (Phi) is 5.10. The lowest BCUT2D eigenvalue weighted by molar-refractivity contribution is 0.245. The van der Waals surface area contributed by atoms with Crippen LogP contribution in [0.1, 0.15) is 87.2 Å². The highest BCUT2D eigenvalue weighted by molar-refractivity contribution is 7.80. The fraction of sp³-hybridized carbons (Fsp3) is 0.565. The Morgan fingerprint density at radius 2 is 1.68 bits per heavy atom. The van der Waals surface area contributed by atoms with Gasteiger partial charge in [-0.25, -0.2) is 0 Å². The van der Waals surface area contributed by atoms with E-state index < -0.39 is 0 Å². The van der Waals surface area contributed by atoms with Gasteiger partial charge < -0.3 is 14.8 Å². The van der Waals surface area contributed by atoms with Crippen molar-refractivity contribution in [3.05, 3.63) is 54.1 Å². The van der Waals surface area contributed by atoms with Gasteiger partial charge >= 0.3 is 0 Å². The second-order valence-electron chi connectivity index (χ2n) is 8.66. The van der Waals surface area contributed by atoms with Gasteiger partial charge in [-0.05, 0) is 61.7 Å². The third kappa shape index (κ3) is 3.34. The van der Waals surface area contributed by atoms with Crippen LogP contribution in [-0.4, -0.2) is 25.6 Å². The van der Waals surface area contributed by atoms with Crippen LogP contribution in [0, 0.1) is 0 Å². The smallest absolute Gasteiger partial charge is 0.170 e. The first kappa shape index (κ1) is 18.2. The van der Waals surface area contributed by atoms with E-state index in [1.165, 1.54) is 63.4 Å². The van der Waals surface area contributed by atoms with E-state index in [9.17, 15) is 0 Å². The van der Waals surface area contributed by atoms with Crippen molar-refractivity contribution in [2.45, 2.75) is 82.0 Å². The van der Waals surface area contributed by atoms with Gasteiger partial charge in [0.2, 0.25) is 0 Å². The predicted octanol–water partition coefficient (Wildman–Crippen LogP) is 5.30. The van der Waals surface area contributed by atoms with E-state index in [0.717, 1.165) is 10.8 Å². The molecule has 3 fully saturated rings. The van der Waals surface area contributed by atoms with Crippen molar-refractivity contribution in [3.63, 3.8) is 0 Å². The van der Waals surface area contributed by atoms with Crippen molar-refractivity contribution < 1.29 is 0 Å². The lowest BCUT2D eigenvalue weighted by atomic mass is 9.95. The maximum absolute atomic E-state index is 5.84. The molecule has 0 amide bonds. The van der Waals surface area contributed by atoms with Crippen LogP contribution in [0.15, 0.2) is 42.9 Å². The monoisotopic (exact) mass is 394 g/mol. The number of nitrogens with one attached hydrogen (secondary N) is 1. The molecule has 0 unspecified atom stereocenters. The number of aromatic nitrogens is 2. The van der Waals surface area contributed by atoms with Gasteiger partial charge in [0.1, 0.15) is 0 Å². The molecule has 2 aliphatic carbocycles. The molecule has 28 heavy (non-hydrogen) atoms. The molecule has 2 aromatic rings. The summed E-state index contributed by atoms with van der Waals surface area (Å²) in [6.45, 7) is 0. The Morgan fingerprint density at radius 3 is 2.43 bits per heavy atom. The zero-order valence-corrected chi connectivity index (χ0v) is 17.3. The minimum Gasteiger partial charge on any atom is -0.352 e. The normalized spacial score (nSPS) is 26.7. The summed E-state index contributed by atoms with van der Waals surface area (Å²) in [5.74, 6) is 0. The lowest BCUT2D eigenvalue weighted by Gasteiger charge is -2.32. The fourth-order valence-corrected chi connectivity index (χ4v) is 5.90. The molecule has 5 heteroatoms. The van der Waals surface area contributed by atoms with Crippen molar-refractivity contribution in [1.29, 1.82) is 0 Å². The number of hydrogen-bond donors (Lipinski definition) is 1. The van der Waals surface area contributed by atoms with E-state index in [-0.39, 0.29) is 12.1 Å². The maximum atomic E-state index is 5.84. The average molecular weight is 395 g/mol. The van der Waals surface area contributed by atoms with Gasteiger partial charge in [-0.3, -0.25) is 4.98 Å². The Labute approximate surface area is 173 Å². The minimum atomic E-state index is 0.122. The fourth-order valence-electron chi connectivity index (χ4n) is 5.51. The summed E-state index contributed by atoms with van der Waals surface area (Å²) >= 11 is 5.84. The number of pyridine rings is 1. The van der Waals surface area contributed by atoms with Crippen LogP contribution >= 0.6 is 12.2 Å². The Balaban J connectivity index is 1.49. The zero-order valence-electron chi connectivity index (χ0n) is 16.5. The molecule has 0 aromatic carbocycles. The maximum Gasteiger partial charge on any atom is 0.170 e. The molecular weight excluding hydrogens is 364 g/mol. The molecule has 4 nitrogen and oxygen atoms in total. The largest absolute Gasteiger partial charge is 0.352 e. The van der Waals surface area contributed by atoms with E-state index in [2.05, 4.69) is 50.4 Å². The number of rotatable bonds is 4. The standard InChI is InChI=1S/C23H30N4S/c28-23-25-21(20-12-6-7-14-24-20)22(27(23)19-10-4-5-11-19)17-13-15-26(16-17)18-8-2-1-3-9-18/h6-7,12-16,18-19,21-22H,1-5,8-11H2,(H,25,28)/t21-,22-/m0/s1. The summed E-state index contributed by atoms with van der Waals surface area (Å²) in [6.07, 6.45) is 18.4. The molecule has 1 saturated heterocycles. The molecule has 1 N–H and O–H groups in total. The first-order valence-electron chi connectivity index (χ1n) is 11.0. The van der Waals surface area contributed by atoms with Crippen LogP contribution < -0.4 is 5.32 Å². The molecular formula is C23H30N4S. The number of thiocarbonyl (C=S) groups is 1. The SMILES string of the molecule is S=C1N[C@@H](c2ccccn2)[C@H](c2ccn(C3CCCCC3)c2)N1C1CCCC1. The van der Waals surface area contributed by atoms with Crippen LogP contribution in [0.3, 0.4) is 0 Å². The van der Waals surface area contributed by atoms with Crippen molar-refractivity contribution in [2.24, 2.45) is 0 Å². The molecule has 2 aromatic heterocycles. The third-order valence-electron chi connectivity index (χ3n) is 6.93. The van der Waals surface area contributed by atoms with Crippen molar-refractivity contribution in [2.75, 3.05) is 0 Å². The van der Waals surface area contributed by atoms with Crippen LogP contribution in [0.5, 0.6) is 0 Å². The Hall–Kier alpha value is -1.88. The van der Waals surface area contributed by atoms with Gasteiger partial charge in [-0.2, -0.15) is 0 Å². The van der Waals surface area contributed by atoms with Crippen LogP contribution in [0.25, 0.3) is 0 Å². The second-order valence-corrected chi connectivity index (χ2v) is 9.04. The summed E-state index contributed by atoms with van der Waals surface area (Å²) in [7, 11) is 0. The van der Waals surface area contributed by atoms with Crippen molar-refractivity contribution >= 4 is 17.3 Å². The lowest BCUT2D eigenvalue weighted by Crippen LogP contribution is -2.37. The zero-order chi connectivity index (χ0) is 18.9. The molecule has 148 valence electrons. The molecule has 3 heterocycles. The molecule has 0 radical (unpaired) electrons. The van der Waals surface area contributed by atoms with Crippen molar-refractivity contribution in [3.8, 4) is 0 Å². The Bertz CT molecular complexity index is 805. The first-order valence-corrected chi connectivity index (χ1v) is 11.4. The van der Waals surface area contributed by atoms with Gasteiger partial charge in [0.25, 0.3) is 0 Å². The highest BCUT2D eigenvalue weighted by atomic mass is 32.1. The van der Waals surface area contributed by atoms with E-state index in [4.69, 9.17) is 12.2 Å². The highest BCUT2D eigenvalue weighted by Crippen LogP contribution is 2.43. The van der Waals surface area contributed by atoms with E-state index in [1.807, 2.05) is 12.3 Å². The van der Waals surface area contributed by atoms with Gasteiger partial charge in [-0.1, -0.05) is 38.2 Å². The number of hydrogen-bond acceptors (Lipinski definition) is 2. The predicted molar refractivity (Wildman–Crippen MR) is 116 cm³/mol. The van der Waals surface area contributed by atoms with Gasteiger partial charge in [-0.15, -0.1) is 0 Å². The molecule has 0 spiro atoms. The summed E-state index contributed by atoms with van der Waals surface area (Å²) in [5, 5.41) is 4.52. The number of nitrogens with zero attached hydrogens (tertiary/aromatic N) is 3. The Morgan fingerprint density at radius 1 is 0.929 bits per heavy atom. The van der Waals surface area contributed by atoms with E-state index in [1.54, 1.807) is 0 Å². The summed E-state index contributed by atoms with van der Waals surface area (Å²) in [5.41, 5.74) is 2.46. The topological polar surface area (TPSA) is 33.1 Å². The minimum absolute atomic E-state index is 0.122. The summed E-state index contributed by atoms with van der Waals surface area (Å²) in [4.78, 5) is 7.18. The molecule has 1 aliphatic heterocycles. The molecule has 2 saturated carbocycles. The van der Waals surface area contributed by atoms with E-state index in [0.29, 0.717) is 12.1 Å². The quantitative estimate of drug-likeness (QED) is 0.713.